The molecule has 5 fully saturated rings. The largest absolute Gasteiger partial charge is 0.469 e. The summed E-state index contributed by atoms with van der Waals surface area (Å²) in [5, 5.41) is 48.7. The van der Waals surface area contributed by atoms with Crippen LogP contribution >= 0.6 is 0 Å². The zero-order chi connectivity index (χ0) is 78.6. The van der Waals surface area contributed by atoms with Crippen LogP contribution in [0.25, 0.3) is 0 Å². The minimum atomic E-state index is -6.28. The predicted octanol–water partition coefficient (Wildman–Crippen LogP) is 22.0. The Morgan fingerprint density at radius 3 is 1.16 bits per heavy atom. The van der Waals surface area contributed by atoms with Gasteiger partial charge in [0.15, 0.2) is 28.7 Å². The number of halogens is 20. The molecule has 650 valence electrons. The number of hydrogen-bond acceptors (Lipinski definition) is 14. The molecule has 14 nitrogen and oxygen atoms in total. The summed E-state index contributed by atoms with van der Waals surface area (Å²) in [4.78, 5) is 47.2. The van der Waals surface area contributed by atoms with E-state index in [9.17, 15) is 133 Å². The number of carbonyl (C=O) groups is 4. The lowest BCUT2D eigenvalue weighted by Gasteiger charge is -2.50. The third-order valence-corrected chi connectivity index (χ3v) is 20.9. The Hall–Kier alpha value is -3.76. The van der Waals surface area contributed by atoms with Crippen molar-refractivity contribution in [2.75, 3.05) is 7.11 Å². The van der Waals surface area contributed by atoms with Crippen LogP contribution in [0.3, 0.4) is 0 Å². The Morgan fingerprint density at radius 1 is 0.458 bits per heavy atom. The van der Waals surface area contributed by atoms with Gasteiger partial charge in [0.25, 0.3) is 5.60 Å². The van der Waals surface area contributed by atoms with Crippen molar-refractivity contribution in [2.24, 2.45) is 57.2 Å². The van der Waals surface area contributed by atoms with E-state index in [0.717, 1.165) is 46.5 Å². The highest BCUT2D eigenvalue weighted by atomic mass is 19.4. The molecule has 1 saturated heterocycles. The molecule has 5 N–H and O–H groups in total. The van der Waals surface area contributed by atoms with Crippen molar-refractivity contribution in [2.45, 2.75) is 381 Å². The molecule has 4 saturated carbocycles. The number of carbonyl (C=O) groups excluding carboxylic acids is 4. The minimum absolute atomic E-state index is 0. The van der Waals surface area contributed by atoms with E-state index < -0.39 is 173 Å². The van der Waals surface area contributed by atoms with E-state index >= 15 is 0 Å². The topological polar surface area (TPSA) is 216 Å². The van der Waals surface area contributed by atoms with E-state index in [1.165, 1.54) is 41.2 Å². The van der Waals surface area contributed by atoms with Crippen LogP contribution in [-0.2, 0) is 42.9 Å². The van der Waals surface area contributed by atoms with Gasteiger partial charge in [0.2, 0.25) is 5.60 Å². The van der Waals surface area contributed by atoms with Gasteiger partial charge in [-0.3, -0.25) is 19.2 Å². The van der Waals surface area contributed by atoms with Crippen LogP contribution in [0.5, 0.6) is 0 Å². The van der Waals surface area contributed by atoms with Crippen molar-refractivity contribution in [3.05, 3.63) is 0 Å². The van der Waals surface area contributed by atoms with E-state index in [2.05, 4.69) is 14.2 Å². The molecule has 0 aromatic carbocycles. The first kappa shape index (κ1) is 119. The number of aliphatic hydroxyl groups is 5. The molecule has 4 aliphatic carbocycles. The van der Waals surface area contributed by atoms with Crippen LogP contribution in [0.4, 0.5) is 87.8 Å². The van der Waals surface area contributed by atoms with Crippen molar-refractivity contribution >= 4 is 23.9 Å². The molecular weight excluding hydrogens is 1480 g/mol. The average Bonchev–Trinajstić information content (AvgIpc) is 1.68. The summed E-state index contributed by atoms with van der Waals surface area (Å²) in [7, 11) is 1.42. The first-order chi connectivity index (χ1) is 43.8. The van der Waals surface area contributed by atoms with Crippen LogP contribution in [-0.4, -0.2) is 152 Å². The molecule has 0 radical (unpaired) electrons. The molecule has 0 amide bonds. The second kappa shape index (κ2) is 41.3. The summed E-state index contributed by atoms with van der Waals surface area (Å²) in [6.45, 7) is 22.6. The van der Waals surface area contributed by atoms with Crippen LogP contribution in [0.2, 0.25) is 0 Å². The van der Waals surface area contributed by atoms with Gasteiger partial charge in [0.1, 0.15) is 12.2 Å². The molecular formula is C73H134F20O14. The summed E-state index contributed by atoms with van der Waals surface area (Å²) in [6, 6.07) is 0. The molecule has 14 atom stereocenters. The maximum atomic E-state index is 14.4. The molecule has 14 unspecified atom stereocenters. The first-order valence-electron chi connectivity index (χ1n) is 32.6. The van der Waals surface area contributed by atoms with Crippen LogP contribution in [0, 0.1) is 57.2 Å². The summed E-state index contributed by atoms with van der Waals surface area (Å²) in [5.74, 6) is -14.8. The Balaban J connectivity index is -0.000000195. The fourth-order valence-corrected chi connectivity index (χ4v) is 11.8. The average molecular weight is 1620 g/mol. The van der Waals surface area contributed by atoms with E-state index in [-0.39, 0.29) is 116 Å². The molecule has 1 aliphatic heterocycles. The van der Waals surface area contributed by atoms with Gasteiger partial charge in [0.05, 0.1) is 28.8 Å². The molecule has 0 aromatic heterocycles. The number of fused-ring (bicyclic) bond motifs is 2. The Kier molecular flexibility index (Phi) is 46.0. The zero-order valence-corrected chi connectivity index (χ0v) is 59.2. The van der Waals surface area contributed by atoms with E-state index in [4.69, 9.17) is 9.47 Å². The minimum Gasteiger partial charge on any atom is -0.469 e. The SMILES string of the molecule is C.C.C.C.C.C.C.C.CC(O)(CC1CC2CCC1C2)C(F)(F)F.CCC(C)(C)C(=O)OC.CCC(C)(C)C(=O)OC1CC(C(C)(O)C(F)(F)F)CC(C(O)(C(F)(F)F)C(F)(F)F)C1.CCC(C)(C)C(=O)OC1CC(C)(O)OC(C)(C(F)(F)F)C1(F)F.CCC(C)(C)C(=O)OC1CCCCC1C(C)(O)C(F)(F)F. The van der Waals surface area contributed by atoms with Gasteiger partial charge in [0, 0.05) is 24.2 Å². The summed E-state index contributed by atoms with van der Waals surface area (Å²) >= 11 is 0. The molecule has 2 bridgehead atoms. The second-order valence-corrected chi connectivity index (χ2v) is 30.4. The quantitative estimate of drug-likeness (QED) is 0.0552. The Bertz CT molecular complexity index is 2610. The third-order valence-electron chi connectivity index (χ3n) is 20.9. The maximum absolute atomic E-state index is 14.4. The summed E-state index contributed by atoms with van der Waals surface area (Å²) in [6.07, 6.45) is -34.5. The lowest BCUT2D eigenvalue weighted by atomic mass is 9.66. The third kappa shape index (κ3) is 28.7. The van der Waals surface area contributed by atoms with Gasteiger partial charge in [-0.2, -0.15) is 87.8 Å². The molecule has 5 rings (SSSR count). The molecule has 34 heteroatoms. The highest BCUT2D eigenvalue weighted by molar-refractivity contribution is 5.77. The fourth-order valence-electron chi connectivity index (χ4n) is 11.8. The highest BCUT2D eigenvalue weighted by Crippen LogP contribution is 2.58. The van der Waals surface area contributed by atoms with Gasteiger partial charge in [-0.15, -0.1) is 0 Å². The summed E-state index contributed by atoms with van der Waals surface area (Å²) < 4.78 is 288. The number of hydrogen-bond donors (Lipinski definition) is 5. The number of alkyl halides is 20. The highest BCUT2D eigenvalue weighted by Gasteiger charge is 2.77. The standard InChI is InChI=1S/C18H25F9O4.C15H25F3O3.C14H21F5O4.C11H17F3O.C7H14O2.8CH4/c1-5-13(2,3)12(28)31-11-7-9(14(4,29)16(19,20)21)6-10(8-11)15(30,17(22,23)24)18(25,26)27;1-5-13(2,3)12(19)21-11-9-7-6-8-10(11)14(4,20)15(16,17)18;1-6-10(2,3)9(20)22-8-7-11(4,21)23-12(5,13(8,15)16)14(17,18)19;1-10(15,11(12,13)14)6-9-5-7-2-3-8(9)4-7;1-5-7(2,3)6(8)9-4;;;;;;;;/h9-11,29-30H,5-8H2,1-4H3;10-11,20H,5-9H2,1-4H3;8,21H,6-7H2,1-5H3;7-9,15H,2-6H2,1H3;5H2,1-4H3;8*1H4. The lowest BCUT2D eigenvalue weighted by molar-refractivity contribution is -0.436. The number of ether oxygens (including phenoxy) is 5. The van der Waals surface area contributed by atoms with E-state index in [0.29, 0.717) is 37.5 Å². The smallest absolute Gasteiger partial charge is 0.426 e. The molecule has 5 aliphatic rings. The van der Waals surface area contributed by atoms with Gasteiger partial charge in [-0.1, -0.05) is 99.9 Å². The van der Waals surface area contributed by atoms with Crippen LogP contribution in [0.1, 0.15) is 286 Å². The fraction of sp³-hybridized carbons (Fsp3) is 0.945. The zero-order valence-electron chi connectivity index (χ0n) is 59.2. The molecule has 1 heterocycles. The Morgan fingerprint density at radius 2 is 0.832 bits per heavy atom. The number of methoxy groups -OCH3 is 1. The van der Waals surface area contributed by atoms with Gasteiger partial charge >= 0.3 is 66.9 Å². The lowest BCUT2D eigenvalue weighted by Crippen LogP contribution is -2.71. The maximum Gasteiger partial charge on any atom is 0.426 e. The van der Waals surface area contributed by atoms with Crippen LogP contribution < -0.4 is 0 Å². The van der Waals surface area contributed by atoms with Crippen molar-refractivity contribution in [1.82, 2.24) is 0 Å². The normalized spacial score (nSPS) is 26.9. The Labute approximate surface area is 624 Å². The number of esters is 4. The summed E-state index contributed by atoms with van der Waals surface area (Å²) in [5.41, 5.74) is -21.8. The van der Waals surface area contributed by atoms with E-state index in [1.807, 2.05) is 27.7 Å². The predicted molar refractivity (Wildman–Crippen MR) is 371 cm³/mol. The monoisotopic (exact) mass is 1610 g/mol. The first-order valence-corrected chi connectivity index (χ1v) is 32.6. The number of rotatable bonds is 16. The molecule has 0 spiro atoms. The van der Waals surface area contributed by atoms with Crippen molar-refractivity contribution in [1.29, 1.82) is 0 Å². The van der Waals surface area contributed by atoms with E-state index in [1.54, 1.807) is 27.7 Å². The van der Waals surface area contributed by atoms with Crippen molar-refractivity contribution < 1.29 is 156 Å². The van der Waals surface area contributed by atoms with Crippen molar-refractivity contribution in [3.8, 4) is 0 Å². The molecule has 107 heavy (non-hydrogen) atoms. The second-order valence-electron chi connectivity index (χ2n) is 30.4. The van der Waals surface area contributed by atoms with Gasteiger partial charge < -0.3 is 49.2 Å². The van der Waals surface area contributed by atoms with Gasteiger partial charge in [-0.25, -0.2) is 0 Å². The van der Waals surface area contributed by atoms with Crippen LogP contribution in [0.15, 0.2) is 0 Å². The molecule has 0 aromatic rings. The van der Waals surface area contributed by atoms with Gasteiger partial charge in [-0.05, 0) is 198 Å². The van der Waals surface area contributed by atoms with Crippen molar-refractivity contribution in [3.63, 3.8) is 0 Å².